The van der Waals surface area contributed by atoms with E-state index in [-0.39, 0.29) is 11.6 Å². The highest BCUT2D eigenvalue weighted by Crippen LogP contribution is 2.17. The molecule has 152 valence electrons. The van der Waals surface area contributed by atoms with E-state index in [0.717, 1.165) is 56.8 Å². The minimum Gasteiger partial charge on any atom is -0.322 e. The first-order valence-electron chi connectivity index (χ1n) is 9.67. The van der Waals surface area contributed by atoms with Gasteiger partial charge in [0.15, 0.2) is 0 Å². The van der Waals surface area contributed by atoms with Crippen molar-refractivity contribution >= 4 is 11.6 Å². The number of hydrogen-bond acceptors (Lipinski definition) is 4. The van der Waals surface area contributed by atoms with Crippen LogP contribution in [-0.4, -0.2) is 47.9 Å². The van der Waals surface area contributed by atoms with Crippen molar-refractivity contribution in [2.24, 2.45) is 0 Å². The lowest BCUT2D eigenvalue weighted by Crippen LogP contribution is -2.44. The van der Waals surface area contributed by atoms with Gasteiger partial charge in [-0.3, -0.25) is 14.6 Å². The summed E-state index contributed by atoms with van der Waals surface area (Å²) in [4.78, 5) is 16.9. The van der Waals surface area contributed by atoms with Gasteiger partial charge in [-0.25, -0.2) is 8.78 Å². The van der Waals surface area contributed by atoms with Crippen LogP contribution in [0.1, 0.15) is 24.5 Å². The largest absolute Gasteiger partial charge is 0.322 e. The third-order valence-electron chi connectivity index (χ3n) is 5.23. The van der Waals surface area contributed by atoms with Crippen LogP contribution in [0.2, 0.25) is 0 Å². The Morgan fingerprint density at radius 2 is 1.90 bits per heavy atom. The smallest absolute Gasteiger partial charge is 0.241 e. The maximum atomic E-state index is 13.8. The van der Waals surface area contributed by atoms with E-state index in [1.165, 1.54) is 6.07 Å². The second kappa shape index (κ2) is 9.59. The average Bonchev–Trinajstić information content (AvgIpc) is 2.95. The van der Waals surface area contributed by atoms with E-state index in [1.807, 2.05) is 24.3 Å². The molecule has 29 heavy (non-hydrogen) atoms. The van der Waals surface area contributed by atoms with Crippen molar-refractivity contribution in [2.75, 3.05) is 31.5 Å². The summed E-state index contributed by atoms with van der Waals surface area (Å²) in [7, 11) is 0. The second-order valence-electron chi connectivity index (χ2n) is 7.26. The van der Waals surface area contributed by atoms with Crippen LogP contribution in [0.3, 0.4) is 0 Å². The molecule has 1 atom stereocenters. The van der Waals surface area contributed by atoms with Gasteiger partial charge in [-0.2, -0.15) is 5.26 Å². The maximum Gasteiger partial charge on any atom is 0.241 e. The van der Waals surface area contributed by atoms with Crippen LogP contribution in [0.15, 0.2) is 42.5 Å². The molecule has 2 aromatic carbocycles. The van der Waals surface area contributed by atoms with E-state index >= 15 is 0 Å². The molecule has 1 unspecified atom stereocenters. The lowest BCUT2D eigenvalue weighted by atomic mass is 10.1. The number of halogens is 2. The molecule has 1 heterocycles. The van der Waals surface area contributed by atoms with E-state index < -0.39 is 17.7 Å². The standard InChI is InChI=1S/C22H24F2N4O/c1-16(22(29)26-21-8-7-19(23)13-20(21)24)28-10-2-9-27(11-12-28)15-18-5-3-17(14-25)4-6-18/h3-8,13,16H,2,9-12,15H2,1H3,(H,26,29). The zero-order valence-electron chi connectivity index (χ0n) is 16.4. The minimum atomic E-state index is -0.782. The molecule has 0 radical (unpaired) electrons. The number of nitriles is 1. The molecule has 0 aromatic heterocycles. The van der Waals surface area contributed by atoms with E-state index in [4.69, 9.17) is 5.26 Å². The fourth-order valence-electron chi connectivity index (χ4n) is 3.47. The predicted molar refractivity (Wildman–Crippen MR) is 107 cm³/mol. The Hall–Kier alpha value is -2.82. The number of benzene rings is 2. The SMILES string of the molecule is CC(C(=O)Nc1ccc(F)cc1F)N1CCCN(Cc2ccc(C#N)cc2)CC1. The number of hydrogen-bond donors (Lipinski definition) is 1. The number of anilines is 1. The Balaban J connectivity index is 1.55. The van der Waals surface area contributed by atoms with Crippen molar-refractivity contribution in [3.63, 3.8) is 0 Å². The van der Waals surface area contributed by atoms with Crippen molar-refractivity contribution in [3.8, 4) is 6.07 Å². The lowest BCUT2D eigenvalue weighted by molar-refractivity contribution is -0.120. The van der Waals surface area contributed by atoms with Gasteiger partial charge in [0.05, 0.1) is 23.4 Å². The first-order chi connectivity index (χ1) is 14.0. The second-order valence-corrected chi connectivity index (χ2v) is 7.26. The van der Waals surface area contributed by atoms with Gasteiger partial charge in [0.2, 0.25) is 5.91 Å². The van der Waals surface area contributed by atoms with Crippen LogP contribution in [0.5, 0.6) is 0 Å². The first kappa shape index (κ1) is 20.9. The Bertz CT molecular complexity index is 895. The molecule has 3 rings (SSSR count). The summed E-state index contributed by atoms with van der Waals surface area (Å²) in [5, 5.41) is 11.5. The van der Waals surface area contributed by atoms with E-state index in [1.54, 1.807) is 6.92 Å². The molecule has 0 saturated carbocycles. The van der Waals surface area contributed by atoms with Crippen molar-refractivity contribution in [2.45, 2.75) is 25.9 Å². The molecule has 1 fully saturated rings. The van der Waals surface area contributed by atoms with Gasteiger partial charge in [-0.05, 0) is 49.7 Å². The summed E-state index contributed by atoms with van der Waals surface area (Å²) >= 11 is 0. The molecular formula is C22H24F2N4O. The molecule has 1 aliphatic rings. The van der Waals surface area contributed by atoms with Crippen molar-refractivity contribution in [1.29, 1.82) is 5.26 Å². The molecule has 5 nitrogen and oxygen atoms in total. The fourth-order valence-corrected chi connectivity index (χ4v) is 3.47. The molecule has 1 saturated heterocycles. The minimum absolute atomic E-state index is 0.0134. The van der Waals surface area contributed by atoms with Crippen LogP contribution in [0.4, 0.5) is 14.5 Å². The topological polar surface area (TPSA) is 59.4 Å². The summed E-state index contributed by atoms with van der Waals surface area (Å²) in [5.74, 6) is -1.77. The molecule has 0 spiro atoms. The summed E-state index contributed by atoms with van der Waals surface area (Å²) < 4.78 is 26.8. The molecule has 0 bridgehead atoms. The number of nitrogens with one attached hydrogen (secondary N) is 1. The van der Waals surface area contributed by atoms with Crippen LogP contribution >= 0.6 is 0 Å². The Morgan fingerprint density at radius 3 is 2.59 bits per heavy atom. The fraction of sp³-hybridized carbons (Fsp3) is 0.364. The molecule has 0 aliphatic carbocycles. The zero-order valence-corrected chi connectivity index (χ0v) is 16.4. The predicted octanol–water partition coefficient (Wildman–Crippen LogP) is 3.37. The number of amides is 1. The van der Waals surface area contributed by atoms with E-state index in [2.05, 4.69) is 21.2 Å². The zero-order chi connectivity index (χ0) is 20.8. The van der Waals surface area contributed by atoms with Gasteiger partial charge >= 0.3 is 0 Å². The van der Waals surface area contributed by atoms with Crippen LogP contribution < -0.4 is 5.32 Å². The van der Waals surface area contributed by atoms with Crippen molar-refractivity contribution < 1.29 is 13.6 Å². The molecular weight excluding hydrogens is 374 g/mol. The van der Waals surface area contributed by atoms with Gasteiger partial charge in [-0.1, -0.05) is 12.1 Å². The van der Waals surface area contributed by atoms with Gasteiger partial charge < -0.3 is 5.32 Å². The monoisotopic (exact) mass is 398 g/mol. The maximum absolute atomic E-state index is 13.8. The van der Waals surface area contributed by atoms with Crippen LogP contribution in [0.25, 0.3) is 0 Å². The average molecular weight is 398 g/mol. The summed E-state index contributed by atoms with van der Waals surface area (Å²) in [6, 6.07) is 12.4. The molecule has 1 amide bonds. The highest BCUT2D eigenvalue weighted by atomic mass is 19.1. The third kappa shape index (κ3) is 5.59. The highest BCUT2D eigenvalue weighted by Gasteiger charge is 2.24. The number of carbonyl (C=O) groups is 1. The third-order valence-corrected chi connectivity index (χ3v) is 5.23. The molecule has 2 aromatic rings. The van der Waals surface area contributed by atoms with Crippen molar-refractivity contribution in [1.82, 2.24) is 9.80 Å². The summed E-state index contributed by atoms with van der Waals surface area (Å²) in [6.07, 6.45) is 0.915. The van der Waals surface area contributed by atoms with Gasteiger partial charge in [-0.15, -0.1) is 0 Å². The number of carbonyl (C=O) groups excluding carboxylic acids is 1. The van der Waals surface area contributed by atoms with Gasteiger partial charge in [0.25, 0.3) is 0 Å². The van der Waals surface area contributed by atoms with Crippen molar-refractivity contribution in [3.05, 3.63) is 65.2 Å². The number of rotatable bonds is 5. The van der Waals surface area contributed by atoms with E-state index in [9.17, 15) is 13.6 Å². The highest BCUT2D eigenvalue weighted by molar-refractivity contribution is 5.94. The van der Waals surface area contributed by atoms with Gasteiger partial charge in [0.1, 0.15) is 11.6 Å². The Labute approximate surface area is 169 Å². The molecule has 7 heteroatoms. The van der Waals surface area contributed by atoms with Gasteiger partial charge in [0, 0.05) is 32.2 Å². The number of nitrogens with zero attached hydrogens (tertiary/aromatic N) is 3. The van der Waals surface area contributed by atoms with Crippen LogP contribution in [-0.2, 0) is 11.3 Å². The molecule has 1 N–H and O–H groups in total. The summed E-state index contributed by atoms with van der Waals surface area (Å²) in [5.41, 5.74) is 1.78. The Kier molecular flexibility index (Phi) is 6.91. The van der Waals surface area contributed by atoms with Crippen LogP contribution in [0, 0.1) is 23.0 Å². The normalized spacial score (nSPS) is 16.6. The Morgan fingerprint density at radius 1 is 1.14 bits per heavy atom. The lowest BCUT2D eigenvalue weighted by Gasteiger charge is -2.27. The first-order valence-corrected chi connectivity index (χ1v) is 9.67. The van der Waals surface area contributed by atoms with E-state index in [0.29, 0.717) is 5.56 Å². The quantitative estimate of drug-likeness (QED) is 0.839. The summed E-state index contributed by atoms with van der Waals surface area (Å²) in [6.45, 7) is 5.80. The molecule has 1 aliphatic heterocycles.